The SMILES string of the molecule is CN.N=C=O.N=C=O.c1ccccc1. The molecular weight excluding hydrogens is 182 g/mol. The van der Waals surface area contributed by atoms with E-state index in [4.69, 9.17) is 20.4 Å². The minimum absolute atomic E-state index is 0.750. The van der Waals surface area contributed by atoms with Crippen molar-refractivity contribution in [1.29, 1.82) is 10.8 Å². The van der Waals surface area contributed by atoms with Crippen molar-refractivity contribution in [2.75, 3.05) is 7.05 Å². The van der Waals surface area contributed by atoms with Gasteiger partial charge >= 0.3 is 0 Å². The zero-order chi connectivity index (χ0) is 11.7. The Bertz CT molecular complexity index is 199. The second kappa shape index (κ2) is 30.6. The first-order valence-corrected chi connectivity index (χ1v) is 3.49. The quantitative estimate of drug-likeness (QED) is 0.425. The van der Waals surface area contributed by atoms with E-state index < -0.39 is 0 Å². The van der Waals surface area contributed by atoms with Crippen LogP contribution in [0.3, 0.4) is 0 Å². The highest BCUT2D eigenvalue weighted by Gasteiger charge is 1.57. The standard InChI is InChI=1S/C6H6.2CHNO.CH5N/c1-2-4-6-5-3-1;2*2-1-3;1-2/h1-6H;2*2H;2H2,1H3. The lowest BCUT2D eigenvalue weighted by molar-refractivity contribution is 0.562. The second-order valence-electron chi connectivity index (χ2n) is 1.36. The van der Waals surface area contributed by atoms with Crippen molar-refractivity contribution >= 4 is 12.2 Å². The number of nitrogens with two attached hydrogens (primary N) is 1. The van der Waals surface area contributed by atoms with E-state index >= 15 is 0 Å². The largest absolute Gasteiger partial charge is 0.333 e. The average molecular weight is 195 g/mol. The van der Waals surface area contributed by atoms with Crippen molar-refractivity contribution < 1.29 is 9.59 Å². The molecule has 0 saturated heterocycles. The zero-order valence-corrected chi connectivity index (χ0v) is 7.86. The van der Waals surface area contributed by atoms with Gasteiger partial charge in [0.15, 0.2) is 0 Å². The van der Waals surface area contributed by atoms with Crippen LogP contribution in [0.15, 0.2) is 36.4 Å². The summed E-state index contributed by atoms with van der Waals surface area (Å²) in [6.07, 6.45) is 1.50. The molecule has 76 valence electrons. The van der Waals surface area contributed by atoms with Crippen LogP contribution in [0.4, 0.5) is 0 Å². The molecule has 14 heavy (non-hydrogen) atoms. The van der Waals surface area contributed by atoms with Crippen molar-refractivity contribution in [3.8, 4) is 0 Å². The zero-order valence-electron chi connectivity index (χ0n) is 7.86. The van der Waals surface area contributed by atoms with Gasteiger partial charge in [0, 0.05) is 0 Å². The lowest BCUT2D eigenvalue weighted by Gasteiger charge is -1.69. The molecule has 1 rings (SSSR count). The number of hydrogen-bond acceptors (Lipinski definition) is 5. The Balaban J connectivity index is -0.000000132. The maximum atomic E-state index is 8.35. The normalized spacial score (nSPS) is 5.00. The van der Waals surface area contributed by atoms with Crippen molar-refractivity contribution in [3.05, 3.63) is 36.4 Å². The average Bonchev–Trinajstić information content (AvgIpc) is 2.26. The second-order valence-corrected chi connectivity index (χ2v) is 1.36. The molecule has 5 heteroatoms. The maximum absolute atomic E-state index is 8.35. The number of carbonyl (C=O) groups excluding carboxylic acids is 2. The fourth-order valence-corrected chi connectivity index (χ4v) is 0.385. The van der Waals surface area contributed by atoms with Crippen LogP contribution in [0.1, 0.15) is 0 Å². The lowest BCUT2D eigenvalue weighted by Crippen LogP contribution is -1.69. The summed E-state index contributed by atoms with van der Waals surface area (Å²) < 4.78 is 0. The van der Waals surface area contributed by atoms with Crippen LogP contribution >= 0.6 is 0 Å². The first kappa shape index (κ1) is 17.9. The third-order valence-electron chi connectivity index (χ3n) is 0.667. The maximum Gasteiger partial charge on any atom is 0.231 e. The Hall–Kier alpha value is -2.06. The van der Waals surface area contributed by atoms with Gasteiger partial charge in [-0.3, -0.25) is 0 Å². The summed E-state index contributed by atoms with van der Waals surface area (Å²) in [6.45, 7) is 0. The predicted molar refractivity (Wildman–Crippen MR) is 53.4 cm³/mol. The summed E-state index contributed by atoms with van der Waals surface area (Å²) in [5.74, 6) is 0. The number of isocyanates is 2. The first-order valence-electron chi connectivity index (χ1n) is 3.49. The van der Waals surface area contributed by atoms with Gasteiger partial charge in [-0.05, 0) is 7.05 Å². The molecule has 0 radical (unpaired) electrons. The molecule has 0 amide bonds. The van der Waals surface area contributed by atoms with Gasteiger partial charge in [0.05, 0.1) is 0 Å². The van der Waals surface area contributed by atoms with Crippen LogP contribution in [0, 0.1) is 10.8 Å². The van der Waals surface area contributed by atoms with Crippen molar-refractivity contribution in [1.82, 2.24) is 0 Å². The van der Waals surface area contributed by atoms with E-state index in [9.17, 15) is 0 Å². The van der Waals surface area contributed by atoms with Crippen LogP contribution < -0.4 is 5.73 Å². The lowest BCUT2D eigenvalue weighted by atomic mass is 10.4. The van der Waals surface area contributed by atoms with Gasteiger partial charge in [-0.2, -0.15) is 0 Å². The number of benzene rings is 1. The first-order chi connectivity index (χ1) is 6.83. The molecule has 0 unspecified atom stereocenters. The fourth-order valence-electron chi connectivity index (χ4n) is 0.385. The molecule has 0 fully saturated rings. The molecular formula is C9H13N3O2. The summed E-state index contributed by atoms with van der Waals surface area (Å²) >= 11 is 0. The van der Waals surface area contributed by atoms with E-state index in [0.717, 1.165) is 12.2 Å². The number of hydrogen-bond donors (Lipinski definition) is 3. The molecule has 0 heterocycles. The van der Waals surface area contributed by atoms with Gasteiger partial charge in [0.1, 0.15) is 0 Å². The number of rotatable bonds is 0. The van der Waals surface area contributed by atoms with E-state index in [1.807, 2.05) is 36.4 Å². The van der Waals surface area contributed by atoms with Gasteiger partial charge in [-0.25, -0.2) is 20.4 Å². The van der Waals surface area contributed by atoms with Crippen LogP contribution in [0.2, 0.25) is 0 Å². The van der Waals surface area contributed by atoms with Crippen molar-refractivity contribution in [2.45, 2.75) is 0 Å². The molecule has 0 bridgehead atoms. The van der Waals surface area contributed by atoms with E-state index in [-0.39, 0.29) is 0 Å². The highest BCUT2D eigenvalue weighted by molar-refractivity contribution is 5.26. The highest BCUT2D eigenvalue weighted by atomic mass is 16.1. The van der Waals surface area contributed by atoms with Crippen LogP contribution in [0.5, 0.6) is 0 Å². The summed E-state index contributed by atoms with van der Waals surface area (Å²) in [5.41, 5.74) is 4.50. The van der Waals surface area contributed by atoms with E-state index in [0.29, 0.717) is 0 Å². The molecule has 0 aliphatic rings. The highest BCUT2D eigenvalue weighted by Crippen LogP contribution is 1.79. The third-order valence-corrected chi connectivity index (χ3v) is 0.667. The summed E-state index contributed by atoms with van der Waals surface area (Å²) in [4.78, 5) is 16.7. The van der Waals surface area contributed by atoms with E-state index in [1.54, 1.807) is 0 Å². The van der Waals surface area contributed by atoms with Crippen LogP contribution in [-0.2, 0) is 9.59 Å². The van der Waals surface area contributed by atoms with Gasteiger partial charge in [0.2, 0.25) is 12.2 Å². The summed E-state index contributed by atoms with van der Waals surface area (Å²) in [5, 5.41) is 10.8. The molecule has 0 spiro atoms. The molecule has 1 aromatic rings. The van der Waals surface area contributed by atoms with Gasteiger partial charge < -0.3 is 5.73 Å². The Morgan fingerprint density at radius 1 is 0.786 bits per heavy atom. The van der Waals surface area contributed by atoms with Gasteiger partial charge in [-0.1, -0.05) is 36.4 Å². The molecule has 0 atom stereocenters. The van der Waals surface area contributed by atoms with Crippen LogP contribution in [-0.4, -0.2) is 19.2 Å². The fraction of sp³-hybridized carbons (Fsp3) is 0.111. The Labute approximate surface area is 82.6 Å². The van der Waals surface area contributed by atoms with Crippen molar-refractivity contribution in [2.24, 2.45) is 5.73 Å². The van der Waals surface area contributed by atoms with E-state index in [2.05, 4.69) is 5.73 Å². The minimum atomic E-state index is 0.750. The summed E-state index contributed by atoms with van der Waals surface area (Å²) in [7, 11) is 1.50. The number of nitrogens with one attached hydrogen (secondary N) is 2. The monoisotopic (exact) mass is 195 g/mol. The molecule has 5 nitrogen and oxygen atoms in total. The molecule has 0 saturated carbocycles. The predicted octanol–water partition coefficient (Wildman–Crippen LogP) is 1.06. The molecule has 0 aliphatic heterocycles. The minimum Gasteiger partial charge on any atom is -0.333 e. The third kappa shape index (κ3) is 51.2. The smallest absolute Gasteiger partial charge is 0.231 e. The van der Waals surface area contributed by atoms with Crippen molar-refractivity contribution in [3.63, 3.8) is 0 Å². The molecule has 1 aromatic carbocycles. The molecule has 0 aromatic heterocycles. The molecule has 0 aliphatic carbocycles. The van der Waals surface area contributed by atoms with Gasteiger partial charge in [0.25, 0.3) is 0 Å². The Kier molecular flexibility index (Phi) is 39.1. The Morgan fingerprint density at radius 3 is 0.929 bits per heavy atom. The molecule has 4 N–H and O–H groups in total. The van der Waals surface area contributed by atoms with Crippen LogP contribution in [0.25, 0.3) is 0 Å². The summed E-state index contributed by atoms with van der Waals surface area (Å²) in [6, 6.07) is 12.0. The topological polar surface area (TPSA) is 108 Å². The van der Waals surface area contributed by atoms with E-state index in [1.165, 1.54) is 7.05 Å². The van der Waals surface area contributed by atoms with Gasteiger partial charge in [-0.15, -0.1) is 0 Å². The Morgan fingerprint density at radius 2 is 0.857 bits per heavy atom.